The number of carbonyl (C=O) groups excluding carboxylic acids is 1. The molecule has 1 aliphatic rings. The van der Waals surface area contributed by atoms with Gasteiger partial charge in [0.05, 0.1) is 5.56 Å². The molecule has 1 amide bonds. The number of nitrogens with zero attached hydrogens (tertiary/aromatic N) is 1. The highest BCUT2D eigenvalue weighted by molar-refractivity contribution is 5.93. The van der Waals surface area contributed by atoms with E-state index in [0.29, 0.717) is 23.7 Å². The molecule has 0 radical (unpaired) electrons. The highest BCUT2D eigenvalue weighted by atomic mass is 19.1. The van der Waals surface area contributed by atoms with Crippen molar-refractivity contribution in [2.75, 3.05) is 20.1 Å². The van der Waals surface area contributed by atoms with Crippen molar-refractivity contribution >= 4 is 16.9 Å². The van der Waals surface area contributed by atoms with E-state index in [2.05, 4.69) is 11.2 Å². The minimum absolute atomic E-state index is 0.0965. The van der Waals surface area contributed by atoms with Gasteiger partial charge in [0, 0.05) is 25.0 Å². The summed E-state index contributed by atoms with van der Waals surface area (Å²) in [5.41, 5.74) is 1.11. The molecular formula is C23H27FN2O2. The first-order valence-corrected chi connectivity index (χ1v) is 9.79. The minimum atomic E-state index is -0.415. The van der Waals surface area contributed by atoms with Gasteiger partial charge in [0.2, 0.25) is 0 Å². The van der Waals surface area contributed by atoms with Gasteiger partial charge in [-0.25, -0.2) is 9.18 Å². The van der Waals surface area contributed by atoms with Gasteiger partial charge in [-0.2, -0.15) is 0 Å². The van der Waals surface area contributed by atoms with Crippen LogP contribution in [0.4, 0.5) is 9.18 Å². The molecule has 0 spiro atoms. The second-order valence-corrected chi connectivity index (χ2v) is 7.73. The van der Waals surface area contributed by atoms with Crippen LogP contribution in [0.2, 0.25) is 0 Å². The van der Waals surface area contributed by atoms with Gasteiger partial charge in [-0.15, -0.1) is 6.42 Å². The maximum atomic E-state index is 14.2. The van der Waals surface area contributed by atoms with Crippen LogP contribution in [-0.2, 0) is 0 Å². The predicted molar refractivity (Wildman–Crippen MR) is 110 cm³/mol. The largest absolute Gasteiger partial charge is 0.415 e. The molecule has 1 fully saturated rings. The average Bonchev–Trinajstić information content (AvgIpc) is 2.68. The predicted octanol–water partition coefficient (Wildman–Crippen LogP) is 4.66. The number of nitrogens with one attached hydrogen (secondary N) is 1. The van der Waals surface area contributed by atoms with E-state index in [1.807, 2.05) is 13.8 Å². The number of carbonyl (C=O) groups is 1. The molecule has 148 valence electrons. The maximum Gasteiger partial charge on any atom is 0.415 e. The number of benzene rings is 2. The Morgan fingerprint density at radius 3 is 2.82 bits per heavy atom. The third kappa shape index (κ3) is 4.28. The molecule has 4 nitrogen and oxygen atoms in total. The molecule has 2 aromatic rings. The first-order chi connectivity index (χ1) is 13.4. The lowest BCUT2D eigenvalue weighted by Crippen LogP contribution is -2.45. The van der Waals surface area contributed by atoms with Crippen molar-refractivity contribution in [3.63, 3.8) is 0 Å². The van der Waals surface area contributed by atoms with Crippen LogP contribution < -0.4 is 10.1 Å². The number of rotatable bonds is 4. The summed E-state index contributed by atoms with van der Waals surface area (Å²) in [4.78, 5) is 14.2. The number of piperidine rings is 1. The van der Waals surface area contributed by atoms with Gasteiger partial charge in [-0.05, 0) is 54.5 Å². The monoisotopic (exact) mass is 382 g/mol. The van der Waals surface area contributed by atoms with Crippen LogP contribution in [0.5, 0.6) is 5.75 Å². The van der Waals surface area contributed by atoms with E-state index in [0.717, 1.165) is 23.9 Å². The molecule has 0 bridgehead atoms. The van der Waals surface area contributed by atoms with Gasteiger partial charge < -0.3 is 15.0 Å². The topological polar surface area (TPSA) is 41.6 Å². The van der Waals surface area contributed by atoms with Crippen LogP contribution in [0.15, 0.2) is 24.3 Å². The number of amides is 1. The van der Waals surface area contributed by atoms with E-state index in [4.69, 9.17) is 11.2 Å². The standard InChI is InChI=1S/C23H27FN2O2/c1-5-19-21(24)10-9-16-12-18(13-20(15(2)3)22(16)19)28-23(27)26(4)14-17-8-6-7-11-25-17/h1,9-10,12-13,15,17,25H,6-8,11,14H2,2-4H3/t17-/m1/s1. The van der Waals surface area contributed by atoms with Crippen LogP contribution in [-0.4, -0.2) is 37.2 Å². The summed E-state index contributed by atoms with van der Waals surface area (Å²) in [5.74, 6) is 2.58. The van der Waals surface area contributed by atoms with E-state index in [9.17, 15) is 9.18 Å². The summed E-state index contributed by atoms with van der Waals surface area (Å²) < 4.78 is 19.8. The van der Waals surface area contributed by atoms with Gasteiger partial charge in [0.25, 0.3) is 0 Å². The Kier molecular flexibility index (Phi) is 6.21. The van der Waals surface area contributed by atoms with Gasteiger partial charge >= 0.3 is 6.09 Å². The van der Waals surface area contributed by atoms with Crippen LogP contribution in [0.3, 0.4) is 0 Å². The summed E-state index contributed by atoms with van der Waals surface area (Å²) >= 11 is 0. The second-order valence-electron chi connectivity index (χ2n) is 7.73. The minimum Gasteiger partial charge on any atom is -0.410 e. The molecular weight excluding hydrogens is 355 g/mol. The molecule has 1 saturated heterocycles. The molecule has 0 aliphatic carbocycles. The molecule has 0 aromatic heterocycles. The number of fused-ring (bicyclic) bond motifs is 1. The molecule has 0 unspecified atom stereocenters. The van der Waals surface area contributed by atoms with Crippen LogP contribution in [0.25, 0.3) is 10.8 Å². The lowest BCUT2D eigenvalue weighted by molar-refractivity contribution is 0.155. The highest BCUT2D eigenvalue weighted by Gasteiger charge is 2.20. The summed E-state index contributed by atoms with van der Waals surface area (Å²) in [6.45, 7) is 5.61. The van der Waals surface area contributed by atoms with E-state index in [1.54, 1.807) is 30.1 Å². The van der Waals surface area contributed by atoms with Gasteiger partial charge in [0.15, 0.2) is 0 Å². The van der Waals surface area contributed by atoms with Crippen molar-refractivity contribution in [1.82, 2.24) is 10.2 Å². The fourth-order valence-corrected chi connectivity index (χ4v) is 3.76. The Hall–Kier alpha value is -2.58. The van der Waals surface area contributed by atoms with E-state index in [-0.39, 0.29) is 11.5 Å². The Balaban J connectivity index is 1.86. The molecule has 1 aliphatic heterocycles. The summed E-state index contributed by atoms with van der Waals surface area (Å²) in [6.07, 6.45) is 8.56. The quantitative estimate of drug-likeness (QED) is 0.782. The lowest BCUT2D eigenvalue weighted by atomic mass is 9.92. The molecule has 28 heavy (non-hydrogen) atoms. The number of hydrogen-bond acceptors (Lipinski definition) is 3. The van der Waals surface area contributed by atoms with E-state index >= 15 is 0 Å². The zero-order valence-corrected chi connectivity index (χ0v) is 16.7. The fraction of sp³-hybridized carbons (Fsp3) is 0.435. The van der Waals surface area contributed by atoms with Crippen LogP contribution in [0.1, 0.15) is 50.2 Å². The number of terminal acetylenes is 1. The zero-order valence-electron chi connectivity index (χ0n) is 16.7. The fourth-order valence-electron chi connectivity index (χ4n) is 3.76. The molecule has 0 saturated carbocycles. The first kappa shape index (κ1) is 20.2. The third-order valence-electron chi connectivity index (χ3n) is 5.26. The zero-order chi connectivity index (χ0) is 20.3. The SMILES string of the molecule is C#Cc1c(F)ccc2cc(OC(=O)N(C)C[C@H]3CCCCN3)cc(C(C)C)c12. The van der Waals surface area contributed by atoms with E-state index in [1.165, 1.54) is 18.9 Å². The smallest absolute Gasteiger partial charge is 0.410 e. The van der Waals surface area contributed by atoms with Crippen LogP contribution >= 0.6 is 0 Å². The molecule has 1 heterocycles. The third-order valence-corrected chi connectivity index (χ3v) is 5.26. The van der Waals surface area contributed by atoms with Gasteiger partial charge in [-0.3, -0.25) is 0 Å². The van der Waals surface area contributed by atoms with Crippen molar-refractivity contribution in [2.45, 2.75) is 45.1 Å². The Morgan fingerprint density at radius 2 is 2.18 bits per heavy atom. The molecule has 2 aromatic carbocycles. The average molecular weight is 382 g/mol. The highest BCUT2D eigenvalue weighted by Crippen LogP contribution is 2.34. The molecule has 1 N–H and O–H groups in total. The van der Waals surface area contributed by atoms with E-state index < -0.39 is 11.9 Å². The maximum absolute atomic E-state index is 14.2. The first-order valence-electron chi connectivity index (χ1n) is 9.79. The number of likely N-dealkylation sites (N-methyl/N-ethyl adjacent to an activating group) is 1. The number of hydrogen-bond donors (Lipinski definition) is 1. The van der Waals surface area contributed by atoms with Crippen molar-refractivity contribution < 1.29 is 13.9 Å². The summed E-state index contributed by atoms with van der Waals surface area (Å²) in [7, 11) is 1.74. The molecule has 1 atom stereocenters. The summed E-state index contributed by atoms with van der Waals surface area (Å²) in [5, 5.41) is 4.90. The summed E-state index contributed by atoms with van der Waals surface area (Å²) in [6, 6.07) is 6.86. The number of halogens is 1. The second kappa shape index (κ2) is 8.62. The molecule has 5 heteroatoms. The normalized spacial score (nSPS) is 16.8. The molecule has 3 rings (SSSR count). The van der Waals surface area contributed by atoms with Crippen molar-refractivity contribution in [1.29, 1.82) is 0 Å². The Bertz CT molecular complexity index is 911. The number of ether oxygens (including phenoxy) is 1. The Labute approximate surface area is 166 Å². The van der Waals surface area contributed by atoms with Crippen molar-refractivity contribution in [2.24, 2.45) is 0 Å². The lowest BCUT2D eigenvalue weighted by Gasteiger charge is -2.27. The Morgan fingerprint density at radius 1 is 1.39 bits per heavy atom. The van der Waals surface area contributed by atoms with Crippen LogP contribution in [0, 0.1) is 18.2 Å². The van der Waals surface area contributed by atoms with Crippen molar-refractivity contribution in [3.05, 3.63) is 41.2 Å². The van der Waals surface area contributed by atoms with Gasteiger partial charge in [-0.1, -0.05) is 32.3 Å². The van der Waals surface area contributed by atoms with Crippen molar-refractivity contribution in [3.8, 4) is 18.1 Å². The van der Waals surface area contributed by atoms with Gasteiger partial charge in [0.1, 0.15) is 11.6 Å².